The van der Waals surface area contributed by atoms with E-state index in [1.54, 1.807) is 0 Å². The summed E-state index contributed by atoms with van der Waals surface area (Å²) in [5, 5.41) is 9.10. The van der Waals surface area contributed by atoms with Crippen LogP contribution in [0, 0.1) is 5.92 Å². The van der Waals surface area contributed by atoms with Crippen molar-refractivity contribution >= 4 is 6.09 Å². The highest BCUT2D eigenvalue weighted by Crippen LogP contribution is 2.29. The molecule has 1 amide bonds. The van der Waals surface area contributed by atoms with Gasteiger partial charge in [0.25, 0.3) is 0 Å². The van der Waals surface area contributed by atoms with E-state index in [0.29, 0.717) is 25.0 Å². The number of hydrogen-bond acceptors (Lipinski definition) is 3. The number of nitrogens with two attached hydrogens (primary N) is 1. The van der Waals surface area contributed by atoms with Crippen molar-refractivity contribution in [2.45, 2.75) is 39.3 Å². The molecule has 1 unspecified atom stereocenters. The summed E-state index contributed by atoms with van der Waals surface area (Å²) in [5.41, 5.74) is 8.38. The molecule has 0 aromatic heterocycles. The molecule has 0 bridgehead atoms. The first kappa shape index (κ1) is 17.8. The second-order valence-corrected chi connectivity index (χ2v) is 6.91. The quantitative estimate of drug-likeness (QED) is 0.875. The molecule has 3 N–H and O–H groups in total. The van der Waals surface area contributed by atoms with E-state index in [9.17, 15) is 4.79 Å². The van der Waals surface area contributed by atoms with Crippen LogP contribution in [0.2, 0.25) is 0 Å². The van der Waals surface area contributed by atoms with Gasteiger partial charge in [0.15, 0.2) is 0 Å². The summed E-state index contributed by atoms with van der Waals surface area (Å²) in [6.45, 7) is 9.21. The van der Waals surface area contributed by atoms with Crippen LogP contribution < -0.4 is 5.73 Å². The number of benzene rings is 1. The van der Waals surface area contributed by atoms with Gasteiger partial charge in [-0.3, -0.25) is 4.90 Å². The van der Waals surface area contributed by atoms with Gasteiger partial charge in [0.2, 0.25) is 0 Å². The van der Waals surface area contributed by atoms with Crippen LogP contribution in [0.5, 0.6) is 0 Å². The van der Waals surface area contributed by atoms with Gasteiger partial charge in [-0.25, -0.2) is 4.79 Å². The van der Waals surface area contributed by atoms with Crippen LogP contribution in [0.15, 0.2) is 24.3 Å². The maximum absolute atomic E-state index is 11.1. The van der Waals surface area contributed by atoms with Crippen LogP contribution in [-0.2, 0) is 0 Å². The average molecular weight is 319 g/mol. The summed E-state index contributed by atoms with van der Waals surface area (Å²) in [4.78, 5) is 15.0. The van der Waals surface area contributed by atoms with E-state index in [-0.39, 0.29) is 6.04 Å². The summed E-state index contributed by atoms with van der Waals surface area (Å²) in [7, 11) is 0. The molecule has 2 atom stereocenters. The van der Waals surface area contributed by atoms with E-state index < -0.39 is 6.09 Å². The van der Waals surface area contributed by atoms with Crippen molar-refractivity contribution in [2.75, 3.05) is 26.2 Å². The van der Waals surface area contributed by atoms with Gasteiger partial charge in [0, 0.05) is 38.3 Å². The first-order valence-corrected chi connectivity index (χ1v) is 8.46. The molecule has 1 aliphatic rings. The molecule has 1 heterocycles. The van der Waals surface area contributed by atoms with E-state index in [1.165, 1.54) is 10.5 Å². The Hall–Kier alpha value is -1.59. The Kier molecular flexibility index (Phi) is 6.02. The first-order chi connectivity index (χ1) is 10.9. The number of amides is 1. The van der Waals surface area contributed by atoms with E-state index in [4.69, 9.17) is 10.8 Å². The van der Waals surface area contributed by atoms with E-state index in [1.807, 2.05) is 6.92 Å². The summed E-state index contributed by atoms with van der Waals surface area (Å²) < 4.78 is 0. The molecule has 0 aliphatic carbocycles. The second-order valence-electron chi connectivity index (χ2n) is 6.91. The Labute approximate surface area is 139 Å². The molecule has 128 valence electrons. The Morgan fingerprint density at radius 2 is 1.61 bits per heavy atom. The summed E-state index contributed by atoms with van der Waals surface area (Å²) >= 11 is 0. The van der Waals surface area contributed by atoms with Gasteiger partial charge in [-0.05, 0) is 30.4 Å². The third-order valence-corrected chi connectivity index (χ3v) is 4.57. The average Bonchev–Trinajstić information content (AvgIpc) is 2.52. The predicted molar refractivity (Wildman–Crippen MR) is 92.4 cm³/mol. The molecule has 1 saturated heterocycles. The van der Waals surface area contributed by atoms with Crippen molar-refractivity contribution in [2.24, 2.45) is 11.7 Å². The first-order valence-electron chi connectivity index (χ1n) is 8.46. The third-order valence-electron chi connectivity index (χ3n) is 4.57. The monoisotopic (exact) mass is 319 g/mol. The highest BCUT2D eigenvalue weighted by atomic mass is 16.4. The molecule has 1 aliphatic heterocycles. The minimum atomic E-state index is -0.814. The van der Waals surface area contributed by atoms with Crippen LogP contribution in [0.4, 0.5) is 4.79 Å². The maximum atomic E-state index is 11.1. The lowest BCUT2D eigenvalue weighted by Crippen LogP contribution is -2.49. The summed E-state index contributed by atoms with van der Waals surface area (Å²) in [5.74, 6) is 0.589. The lowest BCUT2D eigenvalue weighted by molar-refractivity contribution is 0.0784. The molecular weight excluding hydrogens is 290 g/mol. The van der Waals surface area contributed by atoms with E-state index >= 15 is 0 Å². The number of carbonyl (C=O) groups is 1. The van der Waals surface area contributed by atoms with E-state index in [2.05, 4.69) is 43.0 Å². The van der Waals surface area contributed by atoms with Crippen molar-refractivity contribution in [1.29, 1.82) is 0 Å². The van der Waals surface area contributed by atoms with Crippen LogP contribution in [0.25, 0.3) is 0 Å². The maximum Gasteiger partial charge on any atom is 0.407 e. The second kappa shape index (κ2) is 7.79. The smallest absolute Gasteiger partial charge is 0.407 e. The molecule has 1 fully saturated rings. The van der Waals surface area contributed by atoms with Crippen molar-refractivity contribution in [3.63, 3.8) is 0 Å². The molecule has 1 aromatic rings. The van der Waals surface area contributed by atoms with Crippen molar-refractivity contribution in [1.82, 2.24) is 9.80 Å². The minimum Gasteiger partial charge on any atom is -0.465 e. The molecule has 0 radical (unpaired) electrons. The lowest BCUT2D eigenvalue weighted by atomic mass is 9.93. The number of hydrogen-bond donors (Lipinski definition) is 2. The molecule has 5 nitrogen and oxygen atoms in total. The topological polar surface area (TPSA) is 69.8 Å². The van der Waals surface area contributed by atoms with Gasteiger partial charge in [-0.15, -0.1) is 0 Å². The molecule has 0 spiro atoms. The lowest BCUT2D eigenvalue weighted by Gasteiger charge is -2.39. The Bertz CT molecular complexity index is 506. The van der Waals surface area contributed by atoms with E-state index in [0.717, 1.165) is 25.1 Å². The molecular formula is C18H29N3O2. The highest BCUT2D eigenvalue weighted by Gasteiger charge is 2.27. The van der Waals surface area contributed by atoms with Crippen molar-refractivity contribution < 1.29 is 9.90 Å². The van der Waals surface area contributed by atoms with Gasteiger partial charge < -0.3 is 15.7 Å². The fourth-order valence-electron chi connectivity index (χ4n) is 3.19. The van der Waals surface area contributed by atoms with Gasteiger partial charge in [0.1, 0.15) is 0 Å². The molecule has 23 heavy (non-hydrogen) atoms. The van der Waals surface area contributed by atoms with Gasteiger partial charge in [-0.2, -0.15) is 0 Å². The predicted octanol–water partition coefficient (Wildman–Crippen LogP) is 3.09. The van der Waals surface area contributed by atoms with Gasteiger partial charge in [-0.1, -0.05) is 38.1 Å². The molecule has 1 aromatic carbocycles. The largest absolute Gasteiger partial charge is 0.465 e. The van der Waals surface area contributed by atoms with Crippen LogP contribution >= 0.6 is 0 Å². The molecule has 5 heteroatoms. The normalized spacial score (nSPS) is 18.9. The van der Waals surface area contributed by atoms with Gasteiger partial charge in [0.05, 0.1) is 0 Å². The SMILES string of the molecule is CC(C)CC(c1ccc([C@H](C)N)cc1)N1CCN(C(=O)O)CC1. The fraction of sp³-hybridized carbons (Fsp3) is 0.611. The Balaban J connectivity index is 2.12. The number of rotatable bonds is 5. The number of nitrogens with zero attached hydrogens (tertiary/aromatic N) is 2. The summed E-state index contributed by atoms with van der Waals surface area (Å²) in [6, 6.07) is 8.96. The standard InChI is InChI=1S/C18H29N3O2/c1-13(2)12-17(16-6-4-15(5-7-16)14(3)19)20-8-10-21(11-9-20)18(22)23/h4-7,13-14,17H,8-12,19H2,1-3H3,(H,22,23)/t14-,17?/m0/s1. The molecule has 2 rings (SSSR count). The third kappa shape index (κ3) is 4.69. The summed E-state index contributed by atoms with van der Waals surface area (Å²) in [6.07, 6.45) is 0.260. The van der Waals surface area contributed by atoms with Crippen LogP contribution in [0.1, 0.15) is 50.4 Å². The zero-order valence-corrected chi connectivity index (χ0v) is 14.4. The van der Waals surface area contributed by atoms with Crippen molar-refractivity contribution in [3.05, 3.63) is 35.4 Å². The minimum absolute atomic E-state index is 0.0479. The zero-order chi connectivity index (χ0) is 17.0. The van der Waals surface area contributed by atoms with Crippen LogP contribution in [0.3, 0.4) is 0 Å². The zero-order valence-electron chi connectivity index (χ0n) is 14.4. The molecule has 0 saturated carbocycles. The highest BCUT2D eigenvalue weighted by molar-refractivity contribution is 5.65. The van der Waals surface area contributed by atoms with Crippen LogP contribution in [-0.4, -0.2) is 47.2 Å². The number of piperazine rings is 1. The van der Waals surface area contributed by atoms with Crippen molar-refractivity contribution in [3.8, 4) is 0 Å². The van der Waals surface area contributed by atoms with Gasteiger partial charge >= 0.3 is 6.09 Å². The Morgan fingerprint density at radius 1 is 1.09 bits per heavy atom. The Morgan fingerprint density at radius 3 is 2.04 bits per heavy atom. The fourth-order valence-corrected chi connectivity index (χ4v) is 3.19. The number of carboxylic acid groups (broad SMARTS) is 1.